The van der Waals surface area contributed by atoms with Gasteiger partial charge in [-0.1, -0.05) is 0 Å². The van der Waals surface area contributed by atoms with Crippen molar-refractivity contribution < 1.29 is 14.3 Å². The van der Waals surface area contributed by atoms with Crippen LogP contribution in [0.3, 0.4) is 0 Å². The molecular formula is C18H25N3O3. The zero-order valence-electron chi connectivity index (χ0n) is 14.2. The molecule has 6 heteroatoms. The predicted octanol–water partition coefficient (Wildman–Crippen LogP) is 1.98. The Kier molecular flexibility index (Phi) is 4.26. The molecule has 1 aliphatic carbocycles. The molecule has 130 valence electrons. The minimum atomic E-state index is -0.0933. The smallest absolute Gasteiger partial charge is 0.274 e. The normalized spacial score (nSPS) is 26.0. The third kappa shape index (κ3) is 3.44. The topological polar surface area (TPSA) is 64.6 Å². The molecule has 3 fully saturated rings. The van der Waals surface area contributed by atoms with Gasteiger partial charge in [-0.05, 0) is 38.5 Å². The van der Waals surface area contributed by atoms with Crippen LogP contribution in [0.4, 0.5) is 0 Å². The van der Waals surface area contributed by atoms with Crippen molar-refractivity contribution in [2.24, 2.45) is 5.92 Å². The predicted molar refractivity (Wildman–Crippen MR) is 87.7 cm³/mol. The third-order valence-electron chi connectivity index (χ3n) is 5.40. The molecule has 0 aromatic carbocycles. The largest absolute Gasteiger partial charge is 0.375 e. The van der Waals surface area contributed by atoms with Crippen LogP contribution in [0.1, 0.15) is 48.3 Å². The Balaban J connectivity index is 1.30. The maximum Gasteiger partial charge on any atom is 0.274 e. The van der Waals surface area contributed by atoms with Gasteiger partial charge in [0.15, 0.2) is 0 Å². The number of carbonyl (C=O) groups is 1. The SMILES string of the molecule is Cc1cnc(C(=O)N2CCC3(CC2)C[C@@H](OCC2CC2)CO3)cn1. The molecule has 0 radical (unpaired) electrons. The number of amides is 1. The third-order valence-corrected chi connectivity index (χ3v) is 5.40. The summed E-state index contributed by atoms with van der Waals surface area (Å²) >= 11 is 0. The van der Waals surface area contributed by atoms with Gasteiger partial charge < -0.3 is 14.4 Å². The molecule has 1 spiro atoms. The van der Waals surface area contributed by atoms with Crippen molar-refractivity contribution in [2.75, 3.05) is 26.3 Å². The molecule has 1 amide bonds. The summed E-state index contributed by atoms with van der Waals surface area (Å²) in [6, 6.07) is 0. The summed E-state index contributed by atoms with van der Waals surface area (Å²) in [5.74, 6) is 0.758. The van der Waals surface area contributed by atoms with Crippen LogP contribution in [0.2, 0.25) is 0 Å². The second-order valence-electron chi connectivity index (χ2n) is 7.43. The number of piperidine rings is 1. The lowest BCUT2D eigenvalue weighted by Crippen LogP contribution is -2.46. The number of nitrogens with zero attached hydrogens (tertiary/aromatic N) is 3. The molecule has 3 heterocycles. The molecule has 3 aliphatic rings. The molecule has 4 rings (SSSR count). The van der Waals surface area contributed by atoms with Gasteiger partial charge in [-0.2, -0.15) is 0 Å². The Morgan fingerprint density at radius 1 is 1.33 bits per heavy atom. The number of likely N-dealkylation sites (tertiary alicyclic amines) is 1. The summed E-state index contributed by atoms with van der Waals surface area (Å²) in [4.78, 5) is 22.7. The fourth-order valence-corrected chi connectivity index (χ4v) is 3.60. The highest BCUT2D eigenvalue weighted by atomic mass is 16.6. The van der Waals surface area contributed by atoms with E-state index in [0.29, 0.717) is 25.4 Å². The number of carbonyl (C=O) groups excluding carboxylic acids is 1. The number of hydrogen-bond acceptors (Lipinski definition) is 5. The van der Waals surface area contributed by atoms with E-state index < -0.39 is 0 Å². The maximum absolute atomic E-state index is 12.5. The molecule has 24 heavy (non-hydrogen) atoms. The Hall–Kier alpha value is -1.53. The van der Waals surface area contributed by atoms with Crippen LogP contribution in [0.25, 0.3) is 0 Å². The summed E-state index contributed by atoms with van der Waals surface area (Å²) in [5, 5.41) is 0. The van der Waals surface area contributed by atoms with Crippen molar-refractivity contribution in [3.05, 3.63) is 23.8 Å². The van der Waals surface area contributed by atoms with Crippen molar-refractivity contribution in [2.45, 2.75) is 50.7 Å². The van der Waals surface area contributed by atoms with Gasteiger partial charge in [0.05, 0.1) is 30.2 Å². The molecule has 6 nitrogen and oxygen atoms in total. The van der Waals surface area contributed by atoms with E-state index in [2.05, 4.69) is 9.97 Å². The van der Waals surface area contributed by atoms with Crippen molar-refractivity contribution in [1.29, 1.82) is 0 Å². The molecule has 1 aromatic heterocycles. The zero-order valence-corrected chi connectivity index (χ0v) is 14.2. The first-order valence-corrected chi connectivity index (χ1v) is 8.97. The van der Waals surface area contributed by atoms with Gasteiger partial charge in [-0.15, -0.1) is 0 Å². The van der Waals surface area contributed by atoms with Crippen LogP contribution < -0.4 is 0 Å². The molecular weight excluding hydrogens is 306 g/mol. The van der Waals surface area contributed by atoms with Crippen LogP contribution >= 0.6 is 0 Å². The van der Waals surface area contributed by atoms with E-state index in [4.69, 9.17) is 9.47 Å². The van der Waals surface area contributed by atoms with Gasteiger partial charge in [-0.3, -0.25) is 9.78 Å². The Bertz CT molecular complexity index is 592. The average molecular weight is 331 g/mol. The number of aryl methyl sites for hydroxylation is 1. The minimum Gasteiger partial charge on any atom is -0.375 e. The minimum absolute atomic E-state index is 0.0307. The molecule has 0 N–H and O–H groups in total. The van der Waals surface area contributed by atoms with Crippen LogP contribution in [-0.4, -0.2) is 58.8 Å². The van der Waals surface area contributed by atoms with Gasteiger partial charge in [0.2, 0.25) is 0 Å². The number of rotatable bonds is 4. The van der Waals surface area contributed by atoms with Crippen LogP contribution in [0.15, 0.2) is 12.4 Å². The lowest BCUT2D eigenvalue weighted by Gasteiger charge is -2.38. The van der Waals surface area contributed by atoms with Crippen molar-refractivity contribution in [3.63, 3.8) is 0 Å². The Labute approximate surface area is 142 Å². The molecule has 1 saturated carbocycles. The number of ether oxygens (including phenoxy) is 2. The summed E-state index contributed by atoms with van der Waals surface area (Å²) in [7, 11) is 0. The average Bonchev–Trinajstić information content (AvgIpc) is 3.36. The molecule has 2 saturated heterocycles. The van der Waals surface area contributed by atoms with E-state index in [9.17, 15) is 4.79 Å². The first kappa shape index (κ1) is 16.0. The van der Waals surface area contributed by atoms with Gasteiger partial charge in [-0.25, -0.2) is 4.98 Å². The first-order valence-electron chi connectivity index (χ1n) is 8.97. The second-order valence-corrected chi connectivity index (χ2v) is 7.43. The van der Waals surface area contributed by atoms with E-state index in [0.717, 1.165) is 37.5 Å². The summed E-state index contributed by atoms with van der Waals surface area (Å²) in [6.45, 7) is 4.88. The summed E-state index contributed by atoms with van der Waals surface area (Å²) in [5.41, 5.74) is 1.15. The van der Waals surface area contributed by atoms with E-state index in [1.54, 1.807) is 12.4 Å². The quantitative estimate of drug-likeness (QED) is 0.844. The van der Waals surface area contributed by atoms with Gasteiger partial charge >= 0.3 is 0 Å². The number of aromatic nitrogens is 2. The standard InChI is InChI=1S/C18H25N3O3/c1-13-9-20-16(10-19-13)17(22)21-6-4-18(5-7-21)8-15(12-24-18)23-11-14-2-3-14/h9-10,14-15H,2-8,11-12H2,1H3/t15-/m1/s1. The molecule has 0 bridgehead atoms. The first-order chi connectivity index (χ1) is 11.6. The van der Waals surface area contributed by atoms with Crippen LogP contribution in [-0.2, 0) is 9.47 Å². The maximum atomic E-state index is 12.5. The van der Waals surface area contributed by atoms with Gasteiger partial charge in [0.25, 0.3) is 5.91 Å². The lowest BCUT2D eigenvalue weighted by atomic mass is 9.88. The highest BCUT2D eigenvalue weighted by Gasteiger charge is 2.44. The zero-order chi connectivity index (χ0) is 16.6. The van der Waals surface area contributed by atoms with Gasteiger partial charge in [0, 0.05) is 32.3 Å². The van der Waals surface area contributed by atoms with Crippen molar-refractivity contribution in [3.8, 4) is 0 Å². The van der Waals surface area contributed by atoms with E-state index >= 15 is 0 Å². The van der Waals surface area contributed by atoms with E-state index in [1.807, 2.05) is 11.8 Å². The van der Waals surface area contributed by atoms with Crippen LogP contribution in [0.5, 0.6) is 0 Å². The fraction of sp³-hybridized carbons (Fsp3) is 0.722. The van der Waals surface area contributed by atoms with E-state index in [-0.39, 0.29) is 17.6 Å². The summed E-state index contributed by atoms with van der Waals surface area (Å²) in [6.07, 6.45) is 8.79. The fourth-order valence-electron chi connectivity index (χ4n) is 3.60. The monoisotopic (exact) mass is 331 g/mol. The van der Waals surface area contributed by atoms with E-state index in [1.165, 1.54) is 12.8 Å². The van der Waals surface area contributed by atoms with Gasteiger partial charge in [0.1, 0.15) is 5.69 Å². The summed E-state index contributed by atoms with van der Waals surface area (Å²) < 4.78 is 12.1. The number of hydrogen-bond donors (Lipinski definition) is 0. The highest BCUT2D eigenvalue weighted by Crippen LogP contribution is 2.38. The van der Waals surface area contributed by atoms with Crippen molar-refractivity contribution >= 4 is 5.91 Å². The Morgan fingerprint density at radius 3 is 2.79 bits per heavy atom. The molecule has 1 atom stereocenters. The van der Waals surface area contributed by atoms with Crippen LogP contribution in [0, 0.1) is 12.8 Å². The molecule has 1 aromatic rings. The highest BCUT2D eigenvalue weighted by molar-refractivity contribution is 5.92. The Morgan fingerprint density at radius 2 is 2.12 bits per heavy atom. The lowest BCUT2D eigenvalue weighted by molar-refractivity contribution is -0.0411. The molecule has 0 unspecified atom stereocenters. The van der Waals surface area contributed by atoms with Crippen molar-refractivity contribution in [1.82, 2.24) is 14.9 Å². The second kappa shape index (κ2) is 6.41. The molecule has 2 aliphatic heterocycles.